The second kappa shape index (κ2) is 2.84. The molecule has 0 amide bonds. The predicted octanol–water partition coefficient (Wildman–Crippen LogP) is 0.992. The van der Waals surface area contributed by atoms with Gasteiger partial charge in [-0.3, -0.25) is 5.10 Å². The van der Waals surface area contributed by atoms with Crippen molar-refractivity contribution in [3.8, 4) is 0 Å². The van der Waals surface area contributed by atoms with E-state index in [0.29, 0.717) is 0 Å². The third-order valence-electron chi connectivity index (χ3n) is 1.59. The molecule has 0 aromatic carbocycles. The molecule has 1 aromatic rings. The van der Waals surface area contributed by atoms with Crippen molar-refractivity contribution >= 4 is 0 Å². The minimum atomic E-state index is 0.0671. The molecule has 0 saturated carbocycles. The summed E-state index contributed by atoms with van der Waals surface area (Å²) in [5, 5.41) is 6.79. The van der Waals surface area contributed by atoms with Gasteiger partial charge in [0.15, 0.2) is 0 Å². The first kappa shape index (κ1) is 7.28. The van der Waals surface area contributed by atoms with Gasteiger partial charge in [0, 0.05) is 6.04 Å². The van der Waals surface area contributed by atoms with Gasteiger partial charge in [0.1, 0.15) is 0 Å². The van der Waals surface area contributed by atoms with Crippen molar-refractivity contribution in [1.29, 1.82) is 0 Å². The van der Waals surface area contributed by atoms with Crippen molar-refractivity contribution in [2.24, 2.45) is 5.73 Å². The van der Waals surface area contributed by atoms with E-state index in [4.69, 9.17) is 5.73 Å². The monoisotopic (exact) mass is 139 g/mol. The fourth-order valence-corrected chi connectivity index (χ4v) is 0.997. The lowest BCUT2D eigenvalue weighted by molar-refractivity contribution is 0.761. The maximum absolute atomic E-state index is 5.66. The molecule has 0 aliphatic rings. The lowest BCUT2D eigenvalue weighted by Gasteiger charge is -2.02. The van der Waals surface area contributed by atoms with Gasteiger partial charge < -0.3 is 5.73 Å². The van der Waals surface area contributed by atoms with Gasteiger partial charge >= 0.3 is 0 Å². The number of H-pyrrole nitrogens is 1. The smallest absolute Gasteiger partial charge is 0.0548 e. The molecule has 0 aliphatic heterocycles. The first-order chi connectivity index (χ1) is 4.75. The zero-order valence-corrected chi connectivity index (χ0v) is 6.39. The number of nitrogens with zero attached hydrogens (tertiary/aromatic N) is 1. The lowest BCUT2D eigenvalue weighted by Crippen LogP contribution is -2.07. The van der Waals surface area contributed by atoms with Crippen LogP contribution in [0.1, 0.15) is 31.1 Å². The molecular formula is C7H13N3. The van der Waals surface area contributed by atoms with E-state index in [1.165, 1.54) is 5.56 Å². The maximum atomic E-state index is 5.66. The van der Waals surface area contributed by atoms with Crippen LogP contribution in [0.2, 0.25) is 0 Å². The Hall–Kier alpha value is -0.830. The first-order valence-electron chi connectivity index (χ1n) is 3.53. The number of hydrogen-bond acceptors (Lipinski definition) is 2. The lowest BCUT2D eigenvalue weighted by atomic mass is 10.1. The Morgan fingerprint density at radius 3 is 2.90 bits per heavy atom. The minimum absolute atomic E-state index is 0.0671. The number of nitrogens with one attached hydrogen (secondary N) is 1. The van der Waals surface area contributed by atoms with Crippen LogP contribution in [0.4, 0.5) is 0 Å². The van der Waals surface area contributed by atoms with Gasteiger partial charge in [-0.15, -0.1) is 0 Å². The van der Waals surface area contributed by atoms with E-state index in [1.807, 2.05) is 13.1 Å². The highest BCUT2D eigenvalue weighted by Gasteiger charge is 2.05. The number of rotatable bonds is 2. The number of aromatic nitrogens is 2. The first-order valence-corrected chi connectivity index (χ1v) is 3.53. The van der Waals surface area contributed by atoms with Gasteiger partial charge in [-0.1, -0.05) is 6.92 Å². The molecule has 3 N–H and O–H groups in total. The van der Waals surface area contributed by atoms with Crippen molar-refractivity contribution in [2.45, 2.75) is 26.3 Å². The van der Waals surface area contributed by atoms with E-state index < -0.39 is 0 Å². The summed E-state index contributed by atoms with van der Waals surface area (Å²) in [6.07, 6.45) is 2.83. The van der Waals surface area contributed by atoms with Gasteiger partial charge in [-0.05, 0) is 18.9 Å². The highest BCUT2D eigenvalue weighted by atomic mass is 15.1. The molecule has 0 fully saturated rings. The fourth-order valence-electron chi connectivity index (χ4n) is 0.997. The van der Waals surface area contributed by atoms with Gasteiger partial charge in [-0.25, -0.2) is 0 Å². The molecule has 56 valence electrons. The van der Waals surface area contributed by atoms with Gasteiger partial charge in [0.05, 0.1) is 11.9 Å². The molecule has 1 atom stereocenters. The van der Waals surface area contributed by atoms with Crippen molar-refractivity contribution in [1.82, 2.24) is 10.2 Å². The van der Waals surface area contributed by atoms with Crippen LogP contribution in [0.15, 0.2) is 6.20 Å². The third-order valence-corrected chi connectivity index (χ3v) is 1.59. The second-order valence-corrected chi connectivity index (χ2v) is 2.45. The van der Waals surface area contributed by atoms with Crippen LogP contribution < -0.4 is 5.73 Å². The molecule has 3 nitrogen and oxygen atoms in total. The summed E-state index contributed by atoms with van der Waals surface area (Å²) in [5.74, 6) is 0. The molecule has 1 aromatic heterocycles. The van der Waals surface area contributed by atoms with E-state index in [0.717, 1.165) is 12.1 Å². The standard InChI is InChI=1S/C7H13N3/c1-3-6-4-9-10-7(6)5(2)8/h4-5H,3,8H2,1-2H3,(H,9,10). The third kappa shape index (κ3) is 1.19. The van der Waals surface area contributed by atoms with Crippen LogP contribution >= 0.6 is 0 Å². The van der Waals surface area contributed by atoms with Crippen molar-refractivity contribution in [2.75, 3.05) is 0 Å². The summed E-state index contributed by atoms with van der Waals surface area (Å²) in [6.45, 7) is 4.05. The zero-order valence-electron chi connectivity index (χ0n) is 6.39. The minimum Gasteiger partial charge on any atom is -0.323 e. The van der Waals surface area contributed by atoms with Crippen molar-refractivity contribution < 1.29 is 0 Å². The Labute approximate surface area is 60.6 Å². The van der Waals surface area contributed by atoms with E-state index in [9.17, 15) is 0 Å². The van der Waals surface area contributed by atoms with Crippen LogP contribution in [0.25, 0.3) is 0 Å². The summed E-state index contributed by atoms with van der Waals surface area (Å²) in [6, 6.07) is 0.0671. The summed E-state index contributed by atoms with van der Waals surface area (Å²) in [4.78, 5) is 0. The number of nitrogens with two attached hydrogens (primary N) is 1. The second-order valence-electron chi connectivity index (χ2n) is 2.45. The fraction of sp³-hybridized carbons (Fsp3) is 0.571. The summed E-state index contributed by atoms with van der Waals surface area (Å²) in [5.41, 5.74) is 7.94. The number of hydrogen-bond donors (Lipinski definition) is 2. The molecule has 0 saturated heterocycles. The summed E-state index contributed by atoms with van der Waals surface area (Å²) < 4.78 is 0. The molecule has 3 heteroatoms. The van der Waals surface area contributed by atoms with Crippen LogP contribution in [0.5, 0.6) is 0 Å². The van der Waals surface area contributed by atoms with E-state index in [1.54, 1.807) is 0 Å². The number of aromatic amines is 1. The Kier molecular flexibility index (Phi) is 2.06. The molecule has 0 bridgehead atoms. The van der Waals surface area contributed by atoms with Crippen LogP contribution in [-0.4, -0.2) is 10.2 Å². The highest BCUT2D eigenvalue weighted by molar-refractivity contribution is 5.18. The molecule has 0 aliphatic carbocycles. The van der Waals surface area contributed by atoms with Gasteiger partial charge in [-0.2, -0.15) is 5.10 Å². The Balaban J connectivity index is 2.90. The Morgan fingerprint density at radius 1 is 1.80 bits per heavy atom. The normalized spacial score (nSPS) is 13.5. The van der Waals surface area contributed by atoms with E-state index in [2.05, 4.69) is 17.1 Å². The van der Waals surface area contributed by atoms with Gasteiger partial charge in [0.25, 0.3) is 0 Å². The zero-order chi connectivity index (χ0) is 7.56. The molecule has 1 rings (SSSR count). The highest BCUT2D eigenvalue weighted by Crippen LogP contribution is 2.11. The van der Waals surface area contributed by atoms with Gasteiger partial charge in [0.2, 0.25) is 0 Å². The average molecular weight is 139 g/mol. The Morgan fingerprint density at radius 2 is 2.50 bits per heavy atom. The van der Waals surface area contributed by atoms with Crippen LogP contribution in [-0.2, 0) is 6.42 Å². The molecular weight excluding hydrogens is 126 g/mol. The topological polar surface area (TPSA) is 54.7 Å². The molecule has 1 unspecified atom stereocenters. The molecule has 0 radical (unpaired) electrons. The summed E-state index contributed by atoms with van der Waals surface area (Å²) >= 11 is 0. The van der Waals surface area contributed by atoms with E-state index in [-0.39, 0.29) is 6.04 Å². The SMILES string of the molecule is CCc1cn[nH]c1C(C)N. The summed E-state index contributed by atoms with van der Waals surface area (Å²) in [7, 11) is 0. The number of aryl methyl sites for hydroxylation is 1. The molecule has 10 heavy (non-hydrogen) atoms. The van der Waals surface area contributed by atoms with Crippen LogP contribution in [0, 0.1) is 0 Å². The molecule has 1 heterocycles. The largest absolute Gasteiger partial charge is 0.323 e. The predicted molar refractivity (Wildman–Crippen MR) is 40.6 cm³/mol. The van der Waals surface area contributed by atoms with Crippen molar-refractivity contribution in [3.05, 3.63) is 17.5 Å². The van der Waals surface area contributed by atoms with E-state index >= 15 is 0 Å². The maximum Gasteiger partial charge on any atom is 0.0548 e. The van der Waals surface area contributed by atoms with Crippen LogP contribution in [0.3, 0.4) is 0 Å². The molecule has 0 spiro atoms. The van der Waals surface area contributed by atoms with Crippen molar-refractivity contribution in [3.63, 3.8) is 0 Å². The Bertz CT molecular complexity index is 202. The average Bonchev–Trinajstić information content (AvgIpc) is 2.33. The quantitative estimate of drug-likeness (QED) is 0.642.